The lowest BCUT2D eigenvalue weighted by Gasteiger charge is -2.44. The Labute approximate surface area is 114 Å². The molecule has 19 heavy (non-hydrogen) atoms. The molecule has 2 rings (SSSR count). The molecule has 0 radical (unpaired) electrons. The van der Waals surface area contributed by atoms with Crippen LogP contribution in [0, 0.1) is 5.92 Å². The van der Waals surface area contributed by atoms with Gasteiger partial charge in [0.05, 0.1) is 5.54 Å². The number of nitrogens with zero attached hydrogens (tertiary/aromatic N) is 3. The largest absolute Gasteiger partial charge is 0.409 e. The molecule has 1 aliphatic heterocycles. The van der Waals surface area contributed by atoms with Gasteiger partial charge < -0.3 is 15.8 Å². The molecule has 0 bridgehead atoms. The van der Waals surface area contributed by atoms with Gasteiger partial charge in [0.15, 0.2) is 5.84 Å². The van der Waals surface area contributed by atoms with E-state index in [-0.39, 0.29) is 11.8 Å². The second-order valence-electron chi connectivity index (χ2n) is 5.98. The first-order valence-electron chi connectivity index (χ1n) is 6.98. The first-order chi connectivity index (χ1) is 8.96. The highest BCUT2D eigenvalue weighted by Crippen LogP contribution is 2.29. The topological polar surface area (TPSA) is 82.2 Å². The number of oxime groups is 1. The summed E-state index contributed by atoms with van der Waals surface area (Å²) in [6.45, 7) is 6.87. The van der Waals surface area contributed by atoms with Crippen LogP contribution in [0.5, 0.6) is 0 Å². The molecular weight excluding hydrogens is 244 g/mol. The molecule has 1 saturated heterocycles. The lowest BCUT2D eigenvalue weighted by atomic mass is 9.84. The van der Waals surface area contributed by atoms with E-state index in [1.54, 1.807) is 0 Å². The monoisotopic (exact) mass is 268 g/mol. The summed E-state index contributed by atoms with van der Waals surface area (Å²) in [4.78, 5) is 16.3. The summed E-state index contributed by atoms with van der Waals surface area (Å²) < 4.78 is 0. The van der Waals surface area contributed by atoms with Crippen molar-refractivity contribution in [2.75, 3.05) is 26.2 Å². The molecule has 0 spiro atoms. The zero-order valence-corrected chi connectivity index (χ0v) is 11.8. The first kappa shape index (κ1) is 14.1. The zero-order chi connectivity index (χ0) is 14.0. The third kappa shape index (κ3) is 2.68. The maximum absolute atomic E-state index is 12.1. The quantitative estimate of drug-likeness (QED) is 0.337. The number of hydrogen-bond acceptors (Lipinski definition) is 4. The second kappa shape index (κ2) is 5.36. The highest BCUT2D eigenvalue weighted by molar-refractivity contribution is 5.88. The van der Waals surface area contributed by atoms with E-state index in [9.17, 15) is 4.79 Å². The van der Waals surface area contributed by atoms with E-state index in [0.29, 0.717) is 5.91 Å². The first-order valence-corrected chi connectivity index (χ1v) is 6.98. The van der Waals surface area contributed by atoms with E-state index in [1.807, 2.05) is 18.7 Å². The van der Waals surface area contributed by atoms with E-state index in [1.165, 1.54) is 6.42 Å². The van der Waals surface area contributed by atoms with Crippen LogP contribution < -0.4 is 5.73 Å². The smallest absolute Gasteiger partial charge is 0.225 e. The Morgan fingerprint density at radius 3 is 2.26 bits per heavy atom. The summed E-state index contributed by atoms with van der Waals surface area (Å²) in [5, 5.41) is 11.9. The Kier molecular flexibility index (Phi) is 3.99. The van der Waals surface area contributed by atoms with Crippen LogP contribution in [0.4, 0.5) is 0 Å². The maximum atomic E-state index is 12.1. The minimum atomic E-state index is -0.472. The standard InChI is InChI=1S/C13H24N4O2/c1-13(2,12(14)15-19)17-8-6-16(7-9-17)11(18)10-4-3-5-10/h10,19H,3-9H2,1-2H3,(H2,14,15). The lowest BCUT2D eigenvalue weighted by molar-refractivity contribution is -0.140. The van der Waals surface area contributed by atoms with Gasteiger partial charge in [-0.3, -0.25) is 9.69 Å². The van der Waals surface area contributed by atoms with Gasteiger partial charge in [0.2, 0.25) is 5.91 Å². The van der Waals surface area contributed by atoms with Crippen LogP contribution >= 0.6 is 0 Å². The van der Waals surface area contributed by atoms with Gasteiger partial charge in [-0.2, -0.15) is 0 Å². The molecule has 1 amide bonds. The third-order valence-corrected chi connectivity index (χ3v) is 4.57. The number of carbonyl (C=O) groups is 1. The van der Waals surface area contributed by atoms with Crippen molar-refractivity contribution in [2.45, 2.75) is 38.6 Å². The van der Waals surface area contributed by atoms with Crippen LogP contribution in [-0.2, 0) is 4.79 Å². The highest BCUT2D eigenvalue weighted by atomic mass is 16.4. The van der Waals surface area contributed by atoms with Crippen LogP contribution in [0.1, 0.15) is 33.1 Å². The molecule has 1 saturated carbocycles. The van der Waals surface area contributed by atoms with Crippen LogP contribution in [-0.4, -0.2) is 58.5 Å². The van der Waals surface area contributed by atoms with Crippen molar-refractivity contribution in [3.05, 3.63) is 0 Å². The minimum Gasteiger partial charge on any atom is -0.409 e. The van der Waals surface area contributed by atoms with E-state index in [2.05, 4.69) is 10.1 Å². The van der Waals surface area contributed by atoms with Crippen molar-refractivity contribution < 1.29 is 10.0 Å². The molecule has 0 aromatic carbocycles. The predicted molar refractivity (Wildman–Crippen MR) is 73.0 cm³/mol. The average Bonchev–Trinajstić information content (AvgIpc) is 2.35. The third-order valence-electron chi connectivity index (χ3n) is 4.57. The Morgan fingerprint density at radius 2 is 1.84 bits per heavy atom. The molecule has 2 aliphatic rings. The van der Waals surface area contributed by atoms with Crippen LogP contribution in [0.15, 0.2) is 5.16 Å². The Hall–Kier alpha value is -1.30. The van der Waals surface area contributed by atoms with Gasteiger partial charge in [-0.05, 0) is 26.7 Å². The lowest BCUT2D eigenvalue weighted by Crippen LogP contribution is -2.61. The molecule has 6 nitrogen and oxygen atoms in total. The molecule has 108 valence electrons. The molecule has 0 unspecified atom stereocenters. The van der Waals surface area contributed by atoms with Gasteiger partial charge >= 0.3 is 0 Å². The maximum Gasteiger partial charge on any atom is 0.225 e. The SMILES string of the molecule is CC(C)(C(N)=NO)N1CCN(C(=O)C2CCC2)CC1. The fourth-order valence-electron chi connectivity index (χ4n) is 2.68. The number of rotatable bonds is 3. The number of hydrogen-bond donors (Lipinski definition) is 2. The summed E-state index contributed by atoms with van der Waals surface area (Å²) >= 11 is 0. The minimum absolute atomic E-state index is 0.214. The molecule has 6 heteroatoms. The van der Waals surface area contributed by atoms with Crippen LogP contribution in [0.25, 0.3) is 0 Å². The van der Waals surface area contributed by atoms with Crippen molar-refractivity contribution in [1.82, 2.24) is 9.80 Å². The van der Waals surface area contributed by atoms with E-state index in [4.69, 9.17) is 10.9 Å². The van der Waals surface area contributed by atoms with Gasteiger partial charge in [0.25, 0.3) is 0 Å². The summed E-state index contributed by atoms with van der Waals surface area (Å²) in [6.07, 6.45) is 3.29. The van der Waals surface area contributed by atoms with E-state index >= 15 is 0 Å². The molecule has 3 N–H and O–H groups in total. The van der Waals surface area contributed by atoms with Gasteiger partial charge in [-0.15, -0.1) is 0 Å². The predicted octanol–water partition coefficient (Wildman–Crippen LogP) is 0.456. The molecule has 0 aromatic heterocycles. The van der Waals surface area contributed by atoms with Gasteiger partial charge in [0, 0.05) is 32.1 Å². The van der Waals surface area contributed by atoms with Crippen molar-refractivity contribution in [1.29, 1.82) is 0 Å². The van der Waals surface area contributed by atoms with Gasteiger partial charge in [-0.1, -0.05) is 11.6 Å². The van der Waals surface area contributed by atoms with Crippen LogP contribution in [0.3, 0.4) is 0 Å². The number of amides is 1. The Balaban J connectivity index is 1.90. The highest BCUT2D eigenvalue weighted by Gasteiger charge is 2.36. The summed E-state index contributed by atoms with van der Waals surface area (Å²) in [6, 6.07) is 0. The van der Waals surface area contributed by atoms with Crippen molar-refractivity contribution in [2.24, 2.45) is 16.8 Å². The van der Waals surface area contributed by atoms with Gasteiger partial charge in [0.1, 0.15) is 0 Å². The summed E-state index contributed by atoms with van der Waals surface area (Å²) in [7, 11) is 0. The Bertz CT molecular complexity index is 369. The fraction of sp³-hybridized carbons (Fsp3) is 0.846. The van der Waals surface area contributed by atoms with E-state index in [0.717, 1.165) is 39.0 Å². The molecule has 1 aliphatic carbocycles. The summed E-state index contributed by atoms with van der Waals surface area (Å²) in [5.41, 5.74) is 5.26. The normalized spacial score (nSPS) is 23.3. The average molecular weight is 268 g/mol. The zero-order valence-electron chi connectivity index (χ0n) is 11.8. The van der Waals surface area contributed by atoms with Crippen molar-refractivity contribution in [3.8, 4) is 0 Å². The molecule has 0 atom stereocenters. The second-order valence-corrected chi connectivity index (χ2v) is 5.98. The molecule has 1 heterocycles. The molecule has 0 aromatic rings. The number of nitrogens with two attached hydrogens (primary N) is 1. The van der Waals surface area contributed by atoms with Crippen molar-refractivity contribution in [3.63, 3.8) is 0 Å². The number of amidine groups is 1. The summed E-state index contributed by atoms with van der Waals surface area (Å²) in [5.74, 6) is 0.794. The van der Waals surface area contributed by atoms with Crippen molar-refractivity contribution >= 4 is 11.7 Å². The van der Waals surface area contributed by atoms with Gasteiger partial charge in [-0.25, -0.2) is 0 Å². The van der Waals surface area contributed by atoms with Crippen LogP contribution in [0.2, 0.25) is 0 Å². The Morgan fingerprint density at radius 1 is 1.26 bits per heavy atom. The number of carbonyl (C=O) groups excluding carboxylic acids is 1. The molecule has 2 fully saturated rings. The fourth-order valence-corrected chi connectivity index (χ4v) is 2.68. The van der Waals surface area contributed by atoms with E-state index < -0.39 is 5.54 Å². The number of piperazine rings is 1. The molecular formula is C13H24N4O2.